The average Bonchev–Trinajstić information content (AvgIpc) is 3.21. The first-order valence-electron chi connectivity index (χ1n) is 10.8. The van der Waals surface area contributed by atoms with Crippen molar-refractivity contribution >= 4 is 35.9 Å². The Balaban J connectivity index is 0.00000289. The maximum Gasteiger partial charge on any atom is 0.225 e. The van der Waals surface area contributed by atoms with Crippen molar-refractivity contribution in [1.82, 2.24) is 30.0 Å². The fourth-order valence-corrected chi connectivity index (χ4v) is 3.84. The number of halogens is 1. The predicted octanol–water partition coefficient (Wildman–Crippen LogP) is 2.92. The molecule has 0 aliphatic carbocycles. The van der Waals surface area contributed by atoms with Crippen molar-refractivity contribution in [2.24, 2.45) is 4.99 Å². The summed E-state index contributed by atoms with van der Waals surface area (Å²) in [7, 11) is 1.85. The summed E-state index contributed by atoms with van der Waals surface area (Å²) in [4.78, 5) is 17.7. The number of aliphatic imine (C=N–C) groups is 1. The van der Waals surface area contributed by atoms with Gasteiger partial charge in [0, 0.05) is 58.4 Å². The normalized spacial score (nSPS) is 14.2. The van der Waals surface area contributed by atoms with Crippen LogP contribution in [0.25, 0.3) is 5.69 Å². The number of aryl methyl sites for hydroxylation is 2. The monoisotopic (exact) mass is 546 g/mol. The zero-order chi connectivity index (χ0) is 21.5. The van der Waals surface area contributed by atoms with Crippen LogP contribution in [0.4, 0.5) is 5.95 Å². The van der Waals surface area contributed by atoms with Crippen molar-refractivity contribution in [2.45, 2.75) is 19.8 Å². The molecule has 0 spiro atoms. The minimum Gasteiger partial charge on any atom is -0.356 e. The summed E-state index contributed by atoms with van der Waals surface area (Å²) in [5.41, 5.74) is 3.47. The lowest BCUT2D eigenvalue weighted by Crippen LogP contribution is -2.53. The summed E-state index contributed by atoms with van der Waals surface area (Å²) in [6, 6.07) is 12.1. The van der Waals surface area contributed by atoms with Crippen LogP contribution in [-0.2, 0) is 6.42 Å². The molecule has 0 radical (unpaired) electrons. The number of guanidine groups is 1. The van der Waals surface area contributed by atoms with Gasteiger partial charge in [-0.15, -0.1) is 24.0 Å². The Bertz CT molecular complexity index is 982. The average molecular weight is 546 g/mol. The molecule has 2 aromatic heterocycles. The van der Waals surface area contributed by atoms with E-state index in [-0.39, 0.29) is 24.0 Å². The third kappa shape index (κ3) is 5.96. The van der Waals surface area contributed by atoms with Gasteiger partial charge in [-0.3, -0.25) is 4.99 Å². The van der Waals surface area contributed by atoms with Gasteiger partial charge in [-0.25, -0.2) is 14.6 Å². The Morgan fingerprint density at radius 2 is 1.75 bits per heavy atom. The lowest BCUT2D eigenvalue weighted by molar-refractivity contribution is 0.370. The summed E-state index contributed by atoms with van der Waals surface area (Å²) in [5.74, 6) is 1.77. The van der Waals surface area contributed by atoms with E-state index in [1.54, 1.807) is 12.4 Å². The van der Waals surface area contributed by atoms with Crippen LogP contribution in [0.3, 0.4) is 0 Å². The molecule has 3 heterocycles. The molecule has 1 N–H and O–H groups in total. The Morgan fingerprint density at radius 1 is 1.03 bits per heavy atom. The van der Waals surface area contributed by atoms with E-state index in [0.29, 0.717) is 0 Å². The van der Waals surface area contributed by atoms with Gasteiger partial charge in [0.25, 0.3) is 0 Å². The van der Waals surface area contributed by atoms with Gasteiger partial charge in [0.2, 0.25) is 5.95 Å². The number of anilines is 1. The molecular formula is C23H31IN8. The van der Waals surface area contributed by atoms with E-state index in [2.05, 4.69) is 60.4 Å². The van der Waals surface area contributed by atoms with Crippen molar-refractivity contribution < 1.29 is 0 Å². The Kier molecular flexibility index (Phi) is 8.83. The van der Waals surface area contributed by atoms with Crippen molar-refractivity contribution in [2.75, 3.05) is 44.7 Å². The van der Waals surface area contributed by atoms with E-state index in [1.807, 2.05) is 36.0 Å². The summed E-state index contributed by atoms with van der Waals surface area (Å²) < 4.78 is 1.97. The van der Waals surface area contributed by atoms with Gasteiger partial charge in [-0.2, -0.15) is 5.10 Å². The molecule has 0 saturated carbocycles. The van der Waals surface area contributed by atoms with E-state index in [0.717, 1.165) is 68.9 Å². The van der Waals surface area contributed by atoms with Gasteiger partial charge in [0.1, 0.15) is 0 Å². The van der Waals surface area contributed by atoms with Crippen LogP contribution in [-0.4, -0.2) is 70.4 Å². The second-order valence-electron chi connectivity index (χ2n) is 7.62. The Hall–Kier alpha value is -2.69. The molecule has 0 unspecified atom stereocenters. The highest BCUT2D eigenvalue weighted by atomic mass is 127. The number of hydrogen-bond acceptors (Lipinski definition) is 5. The minimum atomic E-state index is 0. The number of para-hydroxylation sites is 1. The number of rotatable bonds is 6. The molecule has 8 nitrogen and oxygen atoms in total. The van der Waals surface area contributed by atoms with Gasteiger partial charge in [-0.1, -0.05) is 18.2 Å². The lowest BCUT2D eigenvalue weighted by atomic mass is 10.1. The van der Waals surface area contributed by atoms with Crippen molar-refractivity contribution in [3.63, 3.8) is 0 Å². The number of aromatic nitrogens is 4. The largest absolute Gasteiger partial charge is 0.356 e. The van der Waals surface area contributed by atoms with E-state index in [9.17, 15) is 0 Å². The SMILES string of the molecule is CN=C(NCCCc1cn(-c2ccccc2)nc1C)N1CCN(c2ncccn2)CC1.I. The second-order valence-corrected chi connectivity index (χ2v) is 7.62. The minimum absolute atomic E-state index is 0. The van der Waals surface area contributed by atoms with Gasteiger partial charge >= 0.3 is 0 Å². The quantitative estimate of drug-likeness (QED) is 0.222. The molecule has 1 aliphatic rings. The zero-order valence-corrected chi connectivity index (χ0v) is 21.0. The summed E-state index contributed by atoms with van der Waals surface area (Å²) >= 11 is 0. The molecular weight excluding hydrogens is 515 g/mol. The van der Waals surface area contributed by atoms with Crippen LogP contribution < -0.4 is 10.2 Å². The summed E-state index contributed by atoms with van der Waals surface area (Å²) in [5, 5.41) is 8.19. The van der Waals surface area contributed by atoms with Crippen molar-refractivity contribution in [1.29, 1.82) is 0 Å². The topological polar surface area (TPSA) is 74.5 Å². The van der Waals surface area contributed by atoms with E-state index < -0.39 is 0 Å². The highest BCUT2D eigenvalue weighted by Gasteiger charge is 2.20. The number of benzene rings is 1. The number of nitrogens with one attached hydrogen (secondary N) is 1. The number of hydrogen-bond donors (Lipinski definition) is 1. The third-order valence-corrected chi connectivity index (χ3v) is 5.55. The molecule has 4 rings (SSSR count). The molecule has 3 aromatic rings. The molecule has 9 heteroatoms. The molecule has 1 aromatic carbocycles. The van der Waals surface area contributed by atoms with Gasteiger partial charge in [-0.05, 0) is 43.5 Å². The molecule has 32 heavy (non-hydrogen) atoms. The predicted molar refractivity (Wildman–Crippen MR) is 139 cm³/mol. The zero-order valence-electron chi connectivity index (χ0n) is 18.7. The lowest BCUT2D eigenvalue weighted by Gasteiger charge is -2.36. The number of nitrogens with zero attached hydrogens (tertiary/aromatic N) is 7. The van der Waals surface area contributed by atoms with Crippen molar-refractivity contribution in [3.8, 4) is 5.69 Å². The first kappa shape index (κ1) is 24.0. The standard InChI is InChI=1S/C23H30N8.HI/c1-19-20(18-31(28-19)21-9-4-3-5-10-21)8-6-11-25-22(24-2)29-14-16-30(17-15-29)23-26-12-7-13-27-23;/h3-5,7,9-10,12-13,18H,6,8,11,14-17H2,1-2H3,(H,24,25);1H. The Morgan fingerprint density at radius 3 is 2.44 bits per heavy atom. The van der Waals surface area contributed by atoms with Crippen molar-refractivity contribution in [3.05, 3.63) is 66.2 Å². The first-order chi connectivity index (χ1) is 15.2. The smallest absolute Gasteiger partial charge is 0.225 e. The van der Waals surface area contributed by atoms with Crippen LogP contribution in [0, 0.1) is 6.92 Å². The fourth-order valence-electron chi connectivity index (χ4n) is 3.84. The van der Waals surface area contributed by atoms with Crippen LogP contribution >= 0.6 is 24.0 Å². The third-order valence-electron chi connectivity index (χ3n) is 5.55. The second kappa shape index (κ2) is 11.8. The van der Waals surface area contributed by atoms with Crippen LogP contribution in [0.15, 0.2) is 60.0 Å². The summed E-state index contributed by atoms with van der Waals surface area (Å²) in [6.45, 7) is 6.55. The summed E-state index contributed by atoms with van der Waals surface area (Å²) in [6.07, 6.45) is 7.74. The molecule has 1 saturated heterocycles. The van der Waals surface area contributed by atoms with Crippen LogP contribution in [0.5, 0.6) is 0 Å². The van der Waals surface area contributed by atoms with E-state index >= 15 is 0 Å². The van der Waals surface area contributed by atoms with Gasteiger partial charge in [0.15, 0.2) is 5.96 Å². The Labute approximate surface area is 206 Å². The number of piperazine rings is 1. The van der Waals surface area contributed by atoms with Gasteiger partial charge < -0.3 is 15.1 Å². The fraction of sp³-hybridized carbons (Fsp3) is 0.391. The molecule has 0 bridgehead atoms. The van der Waals surface area contributed by atoms with E-state index in [1.165, 1.54) is 5.56 Å². The highest BCUT2D eigenvalue weighted by molar-refractivity contribution is 14.0. The van der Waals surface area contributed by atoms with Crippen LogP contribution in [0.2, 0.25) is 0 Å². The molecule has 1 aliphatic heterocycles. The molecule has 170 valence electrons. The molecule has 0 amide bonds. The van der Waals surface area contributed by atoms with E-state index in [4.69, 9.17) is 0 Å². The highest BCUT2D eigenvalue weighted by Crippen LogP contribution is 2.13. The first-order valence-corrected chi connectivity index (χ1v) is 10.8. The van der Waals surface area contributed by atoms with Gasteiger partial charge in [0.05, 0.1) is 11.4 Å². The molecule has 1 fully saturated rings. The maximum absolute atomic E-state index is 4.67. The van der Waals surface area contributed by atoms with Crippen LogP contribution in [0.1, 0.15) is 17.7 Å². The maximum atomic E-state index is 4.67. The molecule has 0 atom stereocenters.